The van der Waals surface area contributed by atoms with Gasteiger partial charge in [0.2, 0.25) is 0 Å². The zero-order chi connectivity index (χ0) is 19.7. The van der Waals surface area contributed by atoms with E-state index in [1.165, 1.54) is 0 Å². The van der Waals surface area contributed by atoms with E-state index in [0.717, 1.165) is 52.2 Å². The van der Waals surface area contributed by atoms with Crippen LogP contribution in [0.2, 0.25) is 0 Å². The molecule has 0 spiro atoms. The molecule has 4 rings (SSSR count). The molecule has 0 saturated carbocycles. The van der Waals surface area contributed by atoms with Gasteiger partial charge in [-0.25, -0.2) is 9.78 Å². The standard InChI is InChI=1S/C21H22BrN5O/c1-3-27-18-6-4-5-17(22)20(18)24-19(27)10-8-15-7-9-16(23-13-15)14-26-12-11-25(2)21(26)28/h4-10,13H,3,11-12,14H2,1-2H3/b10-8+. The van der Waals surface area contributed by atoms with Crippen LogP contribution < -0.4 is 0 Å². The molecule has 1 aliphatic rings. The highest BCUT2D eigenvalue weighted by atomic mass is 79.9. The number of likely N-dealkylation sites (N-methyl/N-ethyl adjacent to an activating group) is 1. The summed E-state index contributed by atoms with van der Waals surface area (Å²) in [5, 5.41) is 0. The van der Waals surface area contributed by atoms with Gasteiger partial charge in [0.25, 0.3) is 0 Å². The number of carbonyl (C=O) groups excluding carboxylic acids is 1. The molecule has 144 valence electrons. The van der Waals surface area contributed by atoms with Crippen molar-refractivity contribution in [2.24, 2.45) is 0 Å². The van der Waals surface area contributed by atoms with E-state index in [2.05, 4.69) is 38.5 Å². The monoisotopic (exact) mass is 439 g/mol. The largest absolute Gasteiger partial charge is 0.326 e. The van der Waals surface area contributed by atoms with E-state index in [-0.39, 0.29) is 6.03 Å². The van der Waals surface area contributed by atoms with Gasteiger partial charge < -0.3 is 14.4 Å². The summed E-state index contributed by atoms with van der Waals surface area (Å²) in [6.45, 7) is 5.04. The fraction of sp³-hybridized carbons (Fsp3) is 0.286. The van der Waals surface area contributed by atoms with Crippen molar-refractivity contribution in [1.29, 1.82) is 0 Å². The van der Waals surface area contributed by atoms with Gasteiger partial charge in [0.05, 0.1) is 17.8 Å². The van der Waals surface area contributed by atoms with Crippen LogP contribution in [0.25, 0.3) is 23.2 Å². The lowest BCUT2D eigenvalue weighted by atomic mass is 10.2. The molecule has 0 aliphatic carbocycles. The molecule has 1 fully saturated rings. The lowest BCUT2D eigenvalue weighted by Crippen LogP contribution is -2.29. The van der Waals surface area contributed by atoms with Crippen molar-refractivity contribution in [2.75, 3.05) is 20.1 Å². The highest BCUT2D eigenvalue weighted by Gasteiger charge is 2.25. The number of aromatic nitrogens is 3. The summed E-state index contributed by atoms with van der Waals surface area (Å²) in [5.74, 6) is 0.916. The molecular formula is C21H22BrN5O. The van der Waals surface area contributed by atoms with Crippen LogP contribution in [0.1, 0.15) is 24.0 Å². The van der Waals surface area contributed by atoms with Crippen LogP contribution in [0.15, 0.2) is 41.0 Å². The van der Waals surface area contributed by atoms with Crippen molar-refractivity contribution < 1.29 is 4.79 Å². The molecule has 6 nitrogen and oxygen atoms in total. The first kappa shape index (κ1) is 18.7. The molecule has 1 saturated heterocycles. The van der Waals surface area contributed by atoms with Gasteiger partial charge in [-0.05, 0) is 58.8 Å². The number of benzene rings is 1. The number of para-hydroxylation sites is 1. The number of amides is 2. The molecule has 0 N–H and O–H groups in total. The summed E-state index contributed by atoms with van der Waals surface area (Å²) >= 11 is 3.58. The van der Waals surface area contributed by atoms with Gasteiger partial charge in [-0.3, -0.25) is 4.98 Å². The average Bonchev–Trinajstić information content (AvgIpc) is 3.23. The van der Waals surface area contributed by atoms with Gasteiger partial charge in [-0.2, -0.15) is 0 Å². The van der Waals surface area contributed by atoms with E-state index >= 15 is 0 Å². The first-order valence-corrected chi connectivity index (χ1v) is 10.1. The van der Waals surface area contributed by atoms with Crippen molar-refractivity contribution >= 4 is 45.1 Å². The maximum absolute atomic E-state index is 12.0. The highest BCUT2D eigenvalue weighted by Crippen LogP contribution is 2.25. The Labute approximate surface area is 172 Å². The zero-order valence-corrected chi connectivity index (χ0v) is 17.6. The number of fused-ring (bicyclic) bond motifs is 1. The predicted molar refractivity (Wildman–Crippen MR) is 115 cm³/mol. The number of rotatable bonds is 5. The molecular weight excluding hydrogens is 418 g/mol. The number of pyridine rings is 1. The van der Waals surface area contributed by atoms with Crippen molar-refractivity contribution in [3.8, 4) is 0 Å². The Kier molecular flexibility index (Phi) is 5.17. The topological polar surface area (TPSA) is 54.3 Å². The second kappa shape index (κ2) is 7.75. The molecule has 7 heteroatoms. The minimum Gasteiger partial charge on any atom is -0.326 e. The third-order valence-corrected chi connectivity index (χ3v) is 5.64. The summed E-state index contributed by atoms with van der Waals surface area (Å²) in [6, 6.07) is 10.2. The van der Waals surface area contributed by atoms with Gasteiger partial charge in [0, 0.05) is 37.4 Å². The fourth-order valence-corrected chi connectivity index (χ4v) is 3.88. The normalized spacial score (nSPS) is 14.8. The van der Waals surface area contributed by atoms with Gasteiger partial charge in [-0.15, -0.1) is 0 Å². The molecule has 28 heavy (non-hydrogen) atoms. The molecule has 2 amide bonds. The van der Waals surface area contributed by atoms with Gasteiger partial charge in [0.15, 0.2) is 0 Å². The molecule has 0 atom stereocenters. The summed E-state index contributed by atoms with van der Waals surface area (Å²) in [5.41, 5.74) is 3.98. The summed E-state index contributed by atoms with van der Waals surface area (Å²) in [6.07, 6.45) is 5.88. The quantitative estimate of drug-likeness (QED) is 0.596. The second-order valence-electron chi connectivity index (χ2n) is 6.86. The van der Waals surface area contributed by atoms with Crippen molar-refractivity contribution in [3.05, 3.63) is 58.1 Å². The predicted octanol–water partition coefficient (Wildman–Crippen LogP) is 4.25. The van der Waals surface area contributed by atoms with Crippen LogP contribution >= 0.6 is 15.9 Å². The van der Waals surface area contributed by atoms with Crippen molar-refractivity contribution in [3.63, 3.8) is 0 Å². The van der Waals surface area contributed by atoms with Crippen LogP contribution in [-0.2, 0) is 13.1 Å². The first-order valence-electron chi connectivity index (χ1n) is 9.34. The molecule has 2 aromatic heterocycles. The second-order valence-corrected chi connectivity index (χ2v) is 7.72. The molecule has 0 unspecified atom stereocenters. The Hall–Kier alpha value is -2.67. The minimum absolute atomic E-state index is 0.0652. The third kappa shape index (κ3) is 3.54. The van der Waals surface area contributed by atoms with Gasteiger partial charge in [-0.1, -0.05) is 12.1 Å². The number of hydrogen-bond donors (Lipinski definition) is 0. The van der Waals surface area contributed by atoms with E-state index in [4.69, 9.17) is 4.98 Å². The van der Waals surface area contributed by atoms with Gasteiger partial charge in [0.1, 0.15) is 11.3 Å². The van der Waals surface area contributed by atoms with Crippen LogP contribution in [0.3, 0.4) is 0 Å². The SMILES string of the molecule is CCn1c(/C=C/c2ccc(CN3CCN(C)C3=O)nc2)nc2c(Br)cccc21. The van der Waals surface area contributed by atoms with E-state index < -0.39 is 0 Å². The van der Waals surface area contributed by atoms with E-state index in [1.807, 2.05) is 54.6 Å². The van der Waals surface area contributed by atoms with Gasteiger partial charge >= 0.3 is 6.03 Å². The number of imidazole rings is 1. The number of halogens is 1. The maximum atomic E-state index is 12.0. The Balaban J connectivity index is 1.52. The summed E-state index contributed by atoms with van der Waals surface area (Å²) < 4.78 is 3.19. The Morgan fingerprint density at radius 3 is 2.71 bits per heavy atom. The number of aryl methyl sites for hydroxylation is 1. The zero-order valence-electron chi connectivity index (χ0n) is 16.0. The fourth-order valence-electron chi connectivity index (χ4n) is 3.43. The lowest BCUT2D eigenvalue weighted by molar-refractivity contribution is 0.196. The Bertz CT molecular complexity index is 1040. The molecule has 3 heterocycles. The number of hydrogen-bond acceptors (Lipinski definition) is 3. The highest BCUT2D eigenvalue weighted by molar-refractivity contribution is 9.10. The van der Waals surface area contributed by atoms with Crippen LogP contribution in [0.4, 0.5) is 4.79 Å². The smallest absolute Gasteiger partial charge is 0.320 e. The van der Waals surface area contributed by atoms with E-state index in [9.17, 15) is 4.79 Å². The minimum atomic E-state index is 0.0652. The Morgan fingerprint density at radius 2 is 2.04 bits per heavy atom. The number of carbonyl (C=O) groups is 1. The third-order valence-electron chi connectivity index (χ3n) is 5.00. The van der Waals surface area contributed by atoms with E-state index in [1.54, 1.807) is 4.90 Å². The molecule has 3 aromatic rings. The van der Waals surface area contributed by atoms with E-state index in [0.29, 0.717) is 6.54 Å². The first-order chi connectivity index (χ1) is 13.6. The molecule has 1 aliphatic heterocycles. The lowest BCUT2D eigenvalue weighted by Gasteiger charge is -2.15. The van der Waals surface area contributed by atoms with Crippen LogP contribution in [0, 0.1) is 0 Å². The summed E-state index contributed by atoms with van der Waals surface area (Å²) in [4.78, 5) is 24.8. The number of nitrogens with zero attached hydrogens (tertiary/aromatic N) is 5. The van der Waals surface area contributed by atoms with Crippen LogP contribution in [0.5, 0.6) is 0 Å². The Morgan fingerprint density at radius 1 is 1.18 bits per heavy atom. The van der Waals surface area contributed by atoms with Crippen molar-refractivity contribution in [2.45, 2.75) is 20.0 Å². The van der Waals surface area contributed by atoms with Crippen LogP contribution in [-0.4, -0.2) is 50.5 Å². The number of urea groups is 1. The average molecular weight is 440 g/mol. The molecule has 1 aromatic carbocycles. The maximum Gasteiger partial charge on any atom is 0.320 e. The molecule has 0 bridgehead atoms. The van der Waals surface area contributed by atoms with Crippen molar-refractivity contribution in [1.82, 2.24) is 24.3 Å². The molecule has 0 radical (unpaired) electrons. The summed E-state index contributed by atoms with van der Waals surface area (Å²) in [7, 11) is 1.83.